The molecule has 4 aromatic rings. The highest BCUT2D eigenvalue weighted by Crippen LogP contribution is 2.31. The molecule has 0 saturated carbocycles. The van der Waals surface area contributed by atoms with E-state index >= 15 is 0 Å². The number of benzene rings is 1. The second-order valence-electron chi connectivity index (χ2n) is 6.55. The summed E-state index contributed by atoms with van der Waals surface area (Å²) in [7, 11) is 0. The monoisotopic (exact) mass is 442 g/mol. The summed E-state index contributed by atoms with van der Waals surface area (Å²) in [6.45, 7) is 0.469. The van der Waals surface area contributed by atoms with Crippen LogP contribution in [-0.4, -0.2) is 19.9 Å². The van der Waals surface area contributed by atoms with Crippen molar-refractivity contribution in [3.05, 3.63) is 84.1 Å². The molecular formula is C21H17F3N6O2. The lowest BCUT2D eigenvalue weighted by Gasteiger charge is -2.12. The quantitative estimate of drug-likeness (QED) is 0.401. The van der Waals surface area contributed by atoms with Gasteiger partial charge in [-0.2, -0.15) is 28.1 Å². The molecule has 0 saturated heterocycles. The van der Waals surface area contributed by atoms with E-state index in [1.54, 1.807) is 36.7 Å². The molecule has 0 aliphatic carbocycles. The van der Waals surface area contributed by atoms with Gasteiger partial charge in [0, 0.05) is 18.1 Å². The summed E-state index contributed by atoms with van der Waals surface area (Å²) in [5, 5.41) is 5.75. The average molecular weight is 442 g/mol. The standard InChI is InChI=1S/C21H17F3N6O2/c22-21(23,24)15-3-1-4-16(11-15)27-19-28-18(26-12-17-5-2-10-31-17)29-20(30-19)32-13-14-6-8-25-9-7-14/h1-11H,12-13H2,(H2,26,27,28,29,30). The largest absolute Gasteiger partial charge is 0.467 e. The third-order valence-electron chi connectivity index (χ3n) is 4.18. The van der Waals surface area contributed by atoms with Gasteiger partial charge in [-0.05, 0) is 48.0 Å². The van der Waals surface area contributed by atoms with E-state index < -0.39 is 11.7 Å². The minimum absolute atomic E-state index is 0.00627. The number of pyridine rings is 1. The van der Waals surface area contributed by atoms with Crippen molar-refractivity contribution in [2.24, 2.45) is 0 Å². The number of aromatic nitrogens is 4. The fourth-order valence-corrected chi connectivity index (χ4v) is 2.66. The summed E-state index contributed by atoms with van der Waals surface area (Å²) in [4.78, 5) is 16.5. The number of ether oxygens (including phenoxy) is 1. The van der Waals surface area contributed by atoms with Gasteiger partial charge in [-0.3, -0.25) is 4.98 Å². The molecule has 4 rings (SSSR count). The zero-order valence-corrected chi connectivity index (χ0v) is 16.5. The molecule has 0 amide bonds. The molecule has 8 nitrogen and oxygen atoms in total. The Morgan fingerprint density at radius 2 is 1.75 bits per heavy atom. The highest BCUT2D eigenvalue weighted by molar-refractivity contribution is 5.55. The molecule has 0 unspecified atom stereocenters. The predicted octanol–water partition coefficient (Wildman–Crippen LogP) is 4.81. The number of halogens is 3. The fourth-order valence-electron chi connectivity index (χ4n) is 2.66. The molecule has 0 radical (unpaired) electrons. The fraction of sp³-hybridized carbons (Fsp3) is 0.143. The van der Waals surface area contributed by atoms with Gasteiger partial charge >= 0.3 is 12.2 Å². The zero-order chi connectivity index (χ0) is 22.4. The summed E-state index contributed by atoms with van der Waals surface area (Å²) in [5.41, 5.74) is 0.225. The maximum absolute atomic E-state index is 13.0. The molecule has 0 atom stereocenters. The molecule has 0 spiro atoms. The second-order valence-corrected chi connectivity index (χ2v) is 6.55. The van der Waals surface area contributed by atoms with Crippen LogP contribution in [0.3, 0.4) is 0 Å². The molecule has 1 aromatic carbocycles. The molecule has 0 bridgehead atoms. The van der Waals surface area contributed by atoms with Crippen LogP contribution in [0.15, 0.2) is 71.6 Å². The number of alkyl halides is 3. The van der Waals surface area contributed by atoms with Gasteiger partial charge in [0.25, 0.3) is 0 Å². The first-order valence-corrected chi connectivity index (χ1v) is 9.44. The smallest absolute Gasteiger partial charge is 0.416 e. The minimum Gasteiger partial charge on any atom is -0.467 e. The summed E-state index contributed by atoms with van der Waals surface area (Å²) < 4.78 is 50.0. The second kappa shape index (κ2) is 9.33. The Balaban J connectivity index is 1.56. The van der Waals surface area contributed by atoms with Gasteiger partial charge < -0.3 is 19.8 Å². The van der Waals surface area contributed by atoms with Crippen molar-refractivity contribution in [3.8, 4) is 6.01 Å². The van der Waals surface area contributed by atoms with Crippen molar-refractivity contribution in [1.82, 2.24) is 19.9 Å². The van der Waals surface area contributed by atoms with E-state index in [-0.39, 0.29) is 30.2 Å². The lowest BCUT2D eigenvalue weighted by atomic mass is 10.2. The third kappa shape index (κ3) is 5.72. The van der Waals surface area contributed by atoms with Crippen LogP contribution in [0.5, 0.6) is 6.01 Å². The lowest BCUT2D eigenvalue weighted by Crippen LogP contribution is -2.10. The first kappa shape index (κ1) is 21.1. The molecule has 0 aliphatic rings. The molecule has 11 heteroatoms. The molecule has 0 aliphatic heterocycles. The van der Waals surface area contributed by atoms with Crippen molar-refractivity contribution >= 4 is 17.6 Å². The molecule has 3 heterocycles. The normalized spacial score (nSPS) is 11.2. The van der Waals surface area contributed by atoms with E-state index in [9.17, 15) is 13.2 Å². The molecule has 2 N–H and O–H groups in total. The minimum atomic E-state index is -4.47. The van der Waals surface area contributed by atoms with Crippen molar-refractivity contribution in [2.75, 3.05) is 10.6 Å². The Kier molecular flexibility index (Phi) is 6.15. The topological polar surface area (TPSA) is 98.0 Å². The van der Waals surface area contributed by atoms with E-state index in [0.29, 0.717) is 12.3 Å². The summed E-state index contributed by atoms with van der Waals surface area (Å²) in [6, 6.07) is 11.8. The van der Waals surface area contributed by atoms with Crippen LogP contribution in [0.4, 0.5) is 30.8 Å². The number of hydrogen-bond donors (Lipinski definition) is 2. The molecular weight excluding hydrogens is 425 g/mol. The van der Waals surface area contributed by atoms with E-state index in [0.717, 1.165) is 17.7 Å². The molecule has 32 heavy (non-hydrogen) atoms. The number of rotatable bonds is 8. The van der Waals surface area contributed by atoms with Gasteiger partial charge in [0.05, 0.1) is 18.4 Å². The van der Waals surface area contributed by atoms with Crippen LogP contribution < -0.4 is 15.4 Å². The number of nitrogens with zero attached hydrogens (tertiary/aromatic N) is 4. The van der Waals surface area contributed by atoms with Crippen LogP contribution in [-0.2, 0) is 19.3 Å². The SMILES string of the molecule is FC(F)(F)c1cccc(Nc2nc(NCc3ccco3)nc(OCc3ccncc3)n2)c1. The first-order valence-electron chi connectivity index (χ1n) is 9.44. The van der Waals surface area contributed by atoms with E-state index in [4.69, 9.17) is 9.15 Å². The number of anilines is 3. The molecule has 164 valence electrons. The maximum Gasteiger partial charge on any atom is 0.416 e. The van der Waals surface area contributed by atoms with Gasteiger partial charge in [-0.15, -0.1) is 0 Å². The Hall–Kier alpha value is -4.15. The average Bonchev–Trinajstić information content (AvgIpc) is 3.30. The summed E-state index contributed by atoms with van der Waals surface area (Å²) >= 11 is 0. The molecule has 3 aromatic heterocycles. The summed E-state index contributed by atoms with van der Waals surface area (Å²) in [5.74, 6) is 0.832. The molecule has 0 fully saturated rings. The Morgan fingerprint density at radius 3 is 2.50 bits per heavy atom. The number of nitrogens with one attached hydrogen (secondary N) is 2. The lowest BCUT2D eigenvalue weighted by molar-refractivity contribution is -0.137. The number of furan rings is 1. The van der Waals surface area contributed by atoms with Crippen LogP contribution >= 0.6 is 0 Å². The maximum atomic E-state index is 13.0. The first-order chi connectivity index (χ1) is 15.5. The van der Waals surface area contributed by atoms with Gasteiger partial charge in [-0.1, -0.05) is 6.07 Å². The van der Waals surface area contributed by atoms with Crippen LogP contribution in [0.25, 0.3) is 0 Å². The summed E-state index contributed by atoms with van der Waals surface area (Å²) in [6.07, 6.45) is 0.325. The highest BCUT2D eigenvalue weighted by atomic mass is 19.4. The van der Waals surface area contributed by atoms with Gasteiger partial charge in [0.1, 0.15) is 12.4 Å². The van der Waals surface area contributed by atoms with Crippen LogP contribution in [0, 0.1) is 0 Å². The van der Waals surface area contributed by atoms with E-state index in [1.165, 1.54) is 18.4 Å². The van der Waals surface area contributed by atoms with Gasteiger partial charge in [-0.25, -0.2) is 0 Å². The van der Waals surface area contributed by atoms with Crippen molar-refractivity contribution in [2.45, 2.75) is 19.3 Å². The zero-order valence-electron chi connectivity index (χ0n) is 16.5. The van der Waals surface area contributed by atoms with E-state index in [2.05, 4.69) is 30.6 Å². The van der Waals surface area contributed by atoms with E-state index in [1.807, 2.05) is 0 Å². The third-order valence-corrected chi connectivity index (χ3v) is 4.18. The Bertz CT molecular complexity index is 1150. The predicted molar refractivity (Wildman–Crippen MR) is 109 cm³/mol. The van der Waals surface area contributed by atoms with Crippen molar-refractivity contribution in [3.63, 3.8) is 0 Å². The van der Waals surface area contributed by atoms with Crippen LogP contribution in [0.1, 0.15) is 16.9 Å². The highest BCUT2D eigenvalue weighted by Gasteiger charge is 2.30. The van der Waals surface area contributed by atoms with Gasteiger partial charge in [0.15, 0.2) is 0 Å². The van der Waals surface area contributed by atoms with Crippen molar-refractivity contribution in [1.29, 1.82) is 0 Å². The van der Waals surface area contributed by atoms with Gasteiger partial charge in [0.2, 0.25) is 11.9 Å². The van der Waals surface area contributed by atoms with Crippen LogP contribution in [0.2, 0.25) is 0 Å². The van der Waals surface area contributed by atoms with Crippen molar-refractivity contribution < 1.29 is 22.3 Å². The Labute approximate surface area is 180 Å². The number of hydrogen-bond acceptors (Lipinski definition) is 8. The Morgan fingerprint density at radius 1 is 0.938 bits per heavy atom.